The maximum atomic E-state index is 12.8. The number of hydrogen-bond donors (Lipinski definition) is 2. The van der Waals surface area contributed by atoms with Crippen LogP contribution < -0.4 is 10.9 Å². The van der Waals surface area contributed by atoms with Crippen molar-refractivity contribution in [3.05, 3.63) is 75.8 Å². The second kappa shape index (κ2) is 8.43. The zero-order valence-electron chi connectivity index (χ0n) is 18.1. The number of anilines is 1. The van der Waals surface area contributed by atoms with Crippen LogP contribution >= 0.6 is 0 Å². The lowest BCUT2D eigenvalue weighted by molar-refractivity contribution is -0.123. The molecule has 1 aromatic carbocycles. The molecular weight excluding hydrogens is 390 g/mol. The summed E-state index contributed by atoms with van der Waals surface area (Å²) in [6, 6.07) is 13.5. The molecule has 160 valence electrons. The first-order valence-electron chi connectivity index (χ1n) is 10.5. The SMILES string of the molecule is CC(C)(C)C(=O)Nc1ncccc1CN1CCc2nc(-c3ccccc3)[nH]c(=O)c2C1. The molecule has 7 heteroatoms. The zero-order valence-corrected chi connectivity index (χ0v) is 18.1. The van der Waals surface area contributed by atoms with Crippen molar-refractivity contribution >= 4 is 11.7 Å². The van der Waals surface area contributed by atoms with Crippen LogP contribution in [0.25, 0.3) is 11.4 Å². The molecule has 3 aromatic rings. The van der Waals surface area contributed by atoms with Gasteiger partial charge in [-0.3, -0.25) is 14.5 Å². The van der Waals surface area contributed by atoms with Gasteiger partial charge in [-0.05, 0) is 6.07 Å². The summed E-state index contributed by atoms with van der Waals surface area (Å²) in [5.41, 5.74) is 2.78. The minimum Gasteiger partial charge on any atom is -0.310 e. The van der Waals surface area contributed by atoms with Gasteiger partial charge in [-0.1, -0.05) is 57.2 Å². The lowest BCUT2D eigenvalue weighted by Crippen LogP contribution is -2.36. The van der Waals surface area contributed by atoms with E-state index in [0.717, 1.165) is 23.4 Å². The summed E-state index contributed by atoms with van der Waals surface area (Å²) in [5, 5.41) is 2.94. The van der Waals surface area contributed by atoms with Gasteiger partial charge in [-0.25, -0.2) is 9.97 Å². The van der Waals surface area contributed by atoms with E-state index < -0.39 is 5.41 Å². The quantitative estimate of drug-likeness (QED) is 0.679. The minimum absolute atomic E-state index is 0.0782. The van der Waals surface area contributed by atoms with Gasteiger partial charge < -0.3 is 10.3 Å². The summed E-state index contributed by atoms with van der Waals surface area (Å²) >= 11 is 0. The number of rotatable bonds is 4. The Morgan fingerprint density at radius 2 is 1.94 bits per heavy atom. The molecule has 4 rings (SSSR count). The van der Waals surface area contributed by atoms with Crippen LogP contribution in [0.2, 0.25) is 0 Å². The molecule has 0 saturated carbocycles. The number of aromatic amines is 1. The maximum absolute atomic E-state index is 12.8. The van der Waals surface area contributed by atoms with E-state index in [2.05, 4.69) is 20.2 Å². The predicted molar refractivity (Wildman–Crippen MR) is 120 cm³/mol. The lowest BCUT2D eigenvalue weighted by atomic mass is 9.95. The smallest absolute Gasteiger partial charge is 0.255 e. The van der Waals surface area contributed by atoms with Crippen LogP contribution in [0.4, 0.5) is 5.82 Å². The number of fused-ring (bicyclic) bond motifs is 1. The first kappa shape index (κ1) is 20.9. The molecule has 0 unspecified atom stereocenters. The molecular formula is C24H27N5O2. The highest BCUT2D eigenvalue weighted by atomic mass is 16.2. The van der Waals surface area contributed by atoms with Crippen molar-refractivity contribution in [3.63, 3.8) is 0 Å². The molecule has 2 N–H and O–H groups in total. The van der Waals surface area contributed by atoms with Crippen LogP contribution in [0.15, 0.2) is 53.5 Å². The fourth-order valence-electron chi connectivity index (χ4n) is 3.56. The van der Waals surface area contributed by atoms with Crippen molar-refractivity contribution in [3.8, 4) is 11.4 Å². The van der Waals surface area contributed by atoms with E-state index in [0.29, 0.717) is 36.7 Å². The highest BCUT2D eigenvalue weighted by molar-refractivity contribution is 5.94. The highest BCUT2D eigenvalue weighted by Crippen LogP contribution is 2.23. The number of nitrogens with zero attached hydrogens (tertiary/aromatic N) is 3. The second-order valence-corrected chi connectivity index (χ2v) is 8.88. The third kappa shape index (κ3) is 4.72. The van der Waals surface area contributed by atoms with E-state index in [1.165, 1.54) is 0 Å². The normalized spacial score (nSPS) is 14.2. The van der Waals surface area contributed by atoms with E-state index in [-0.39, 0.29) is 11.5 Å². The number of nitrogens with one attached hydrogen (secondary N) is 2. The molecule has 0 aliphatic carbocycles. The number of pyridine rings is 1. The van der Waals surface area contributed by atoms with Gasteiger partial charge >= 0.3 is 0 Å². The summed E-state index contributed by atoms with van der Waals surface area (Å²) in [6.07, 6.45) is 2.37. The lowest BCUT2D eigenvalue weighted by Gasteiger charge is -2.28. The predicted octanol–water partition coefficient (Wildman–Crippen LogP) is 3.37. The highest BCUT2D eigenvalue weighted by Gasteiger charge is 2.25. The molecule has 7 nitrogen and oxygen atoms in total. The van der Waals surface area contributed by atoms with E-state index in [9.17, 15) is 9.59 Å². The Kier molecular flexibility index (Phi) is 5.69. The van der Waals surface area contributed by atoms with Crippen LogP contribution in [0.3, 0.4) is 0 Å². The topological polar surface area (TPSA) is 91.0 Å². The Hall–Kier alpha value is -3.32. The number of H-pyrrole nitrogens is 1. The fourth-order valence-corrected chi connectivity index (χ4v) is 3.56. The van der Waals surface area contributed by atoms with Crippen molar-refractivity contribution in [2.24, 2.45) is 5.41 Å². The van der Waals surface area contributed by atoms with Crippen LogP contribution in [-0.2, 0) is 24.3 Å². The summed E-state index contributed by atoms with van der Waals surface area (Å²) in [7, 11) is 0. The maximum Gasteiger partial charge on any atom is 0.255 e. The van der Waals surface area contributed by atoms with Gasteiger partial charge in [-0.15, -0.1) is 0 Å². The Labute approximate surface area is 181 Å². The van der Waals surface area contributed by atoms with Gasteiger partial charge in [0.25, 0.3) is 5.56 Å². The van der Waals surface area contributed by atoms with E-state index in [1.54, 1.807) is 6.20 Å². The van der Waals surface area contributed by atoms with Crippen molar-refractivity contribution in [1.29, 1.82) is 0 Å². The van der Waals surface area contributed by atoms with Gasteiger partial charge in [0.1, 0.15) is 11.6 Å². The standard InChI is InChI=1S/C24H27N5O2/c1-24(2,3)23(31)28-20-17(10-7-12-25-20)14-29-13-11-19-18(15-29)22(30)27-21(26-19)16-8-5-4-6-9-16/h4-10,12H,11,13-15H2,1-3H3,(H,25,28,31)(H,26,27,30). The Bertz CT molecular complexity index is 1150. The first-order valence-corrected chi connectivity index (χ1v) is 10.5. The average Bonchev–Trinajstić information content (AvgIpc) is 2.75. The number of carbonyl (C=O) groups excluding carboxylic acids is 1. The van der Waals surface area contributed by atoms with Gasteiger partial charge in [-0.2, -0.15) is 0 Å². The van der Waals surface area contributed by atoms with E-state index in [4.69, 9.17) is 4.98 Å². The van der Waals surface area contributed by atoms with E-state index >= 15 is 0 Å². The number of benzene rings is 1. The van der Waals surface area contributed by atoms with Crippen molar-refractivity contribution in [2.45, 2.75) is 40.3 Å². The van der Waals surface area contributed by atoms with Gasteiger partial charge in [0.2, 0.25) is 5.91 Å². The van der Waals surface area contributed by atoms with Gasteiger partial charge in [0.05, 0.1) is 11.3 Å². The fraction of sp³-hybridized carbons (Fsp3) is 0.333. The number of hydrogen-bond acceptors (Lipinski definition) is 5. The molecule has 0 atom stereocenters. The Morgan fingerprint density at radius 1 is 1.16 bits per heavy atom. The summed E-state index contributed by atoms with van der Waals surface area (Å²) < 4.78 is 0. The van der Waals surface area contributed by atoms with Gasteiger partial charge in [0.15, 0.2) is 0 Å². The van der Waals surface area contributed by atoms with Crippen LogP contribution in [0.5, 0.6) is 0 Å². The average molecular weight is 418 g/mol. The minimum atomic E-state index is -0.506. The summed E-state index contributed by atoms with van der Waals surface area (Å²) in [6.45, 7) is 7.49. The molecule has 2 aromatic heterocycles. The number of amides is 1. The number of carbonyl (C=O) groups is 1. The van der Waals surface area contributed by atoms with Gasteiger partial charge in [0, 0.05) is 48.8 Å². The molecule has 0 spiro atoms. The second-order valence-electron chi connectivity index (χ2n) is 8.88. The third-order valence-corrected chi connectivity index (χ3v) is 5.39. The van der Waals surface area contributed by atoms with Crippen molar-refractivity contribution < 1.29 is 4.79 Å². The zero-order chi connectivity index (χ0) is 22.0. The molecule has 1 aliphatic heterocycles. The van der Waals surface area contributed by atoms with Crippen molar-refractivity contribution in [1.82, 2.24) is 19.9 Å². The van der Waals surface area contributed by atoms with Crippen LogP contribution in [0.1, 0.15) is 37.6 Å². The molecule has 31 heavy (non-hydrogen) atoms. The number of aromatic nitrogens is 3. The molecule has 0 saturated heterocycles. The summed E-state index contributed by atoms with van der Waals surface area (Å²) in [4.78, 5) is 39.4. The molecule has 1 amide bonds. The third-order valence-electron chi connectivity index (χ3n) is 5.39. The molecule has 0 fully saturated rings. The largest absolute Gasteiger partial charge is 0.310 e. The Balaban J connectivity index is 1.53. The molecule has 0 radical (unpaired) electrons. The van der Waals surface area contributed by atoms with Crippen LogP contribution in [0, 0.1) is 5.41 Å². The summed E-state index contributed by atoms with van der Waals surface area (Å²) in [5.74, 6) is 1.10. The molecule has 1 aliphatic rings. The van der Waals surface area contributed by atoms with Crippen LogP contribution in [-0.4, -0.2) is 32.3 Å². The molecule has 3 heterocycles. The monoisotopic (exact) mass is 417 g/mol. The molecule has 0 bridgehead atoms. The Morgan fingerprint density at radius 3 is 2.68 bits per heavy atom. The van der Waals surface area contributed by atoms with E-state index in [1.807, 2.05) is 63.2 Å². The van der Waals surface area contributed by atoms with Crippen molar-refractivity contribution in [2.75, 3.05) is 11.9 Å². The first-order chi connectivity index (χ1) is 14.8.